The van der Waals surface area contributed by atoms with Gasteiger partial charge in [-0.25, -0.2) is 0 Å². The third-order valence-corrected chi connectivity index (χ3v) is 5.08. The largest absolute Gasteiger partial charge is 0.427 e. The minimum atomic E-state index is 0.266. The third kappa shape index (κ3) is 2.73. The van der Waals surface area contributed by atoms with Crippen LogP contribution in [0.25, 0.3) is 0 Å². The summed E-state index contributed by atoms with van der Waals surface area (Å²) in [4.78, 5) is 0. The van der Waals surface area contributed by atoms with E-state index in [9.17, 15) is 0 Å². The first kappa shape index (κ1) is 14.9. The maximum absolute atomic E-state index is 5.59. The van der Waals surface area contributed by atoms with Gasteiger partial charge in [0.25, 0.3) is 0 Å². The second-order valence-corrected chi connectivity index (χ2v) is 7.49. The maximum Gasteiger partial charge on any atom is 0.145 e. The highest BCUT2D eigenvalue weighted by Gasteiger charge is 2.49. The first-order valence-electron chi connectivity index (χ1n) is 5.17. The molecule has 1 nitrogen and oxygen atoms in total. The second kappa shape index (κ2) is 4.83. The number of hydrogen-bond acceptors (Lipinski definition) is 1. The van der Waals surface area contributed by atoms with Crippen LogP contribution in [0.1, 0.15) is 41.5 Å². The Morgan fingerprint density at radius 1 is 1.00 bits per heavy atom. The molecule has 0 aromatic rings. The molecule has 0 unspecified atom stereocenters. The van der Waals surface area contributed by atoms with Gasteiger partial charge in [0.15, 0.2) is 0 Å². The highest BCUT2D eigenvalue weighted by molar-refractivity contribution is 14.1. The van der Waals surface area contributed by atoms with E-state index in [0.717, 1.165) is 21.5 Å². The van der Waals surface area contributed by atoms with Gasteiger partial charge in [-0.2, -0.15) is 0 Å². The Balaban J connectivity index is 5.21. The molecule has 0 bridgehead atoms. The van der Waals surface area contributed by atoms with Gasteiger partial charge in [-0.1, -0.05) is 64.1 Å². The molecular formula is C11H25IOSi. The molecule has 3 heteroatoms. The Bertz CT molecular complexity index is 165. The fraction of sp³-hybridized carbons (Fsp3) is 1.00. The van der Waals surface area contributed by atoms with Crippen LogP contribution < -0.4 is 0 Å². The molecule has 0 aromatic carbocycles. The van der Waals surface area contributed by atoms with E-state index >= 15 is 0 Å². The molecular weight excluding hydrogens is 303 g/mol. The zero-order valence-corrected chi connectivity index (χ0v) is 14.9. The summed E-state index contributed by atoms with van der Waals surface area (Å²) < 4.78 is 6.74. The van der Waals surface area contributed by atoms with E-state index in [1.54, 1.807) is 0 Å². The van der Waals surface area contributed by atoms with Crippen molar-refractivity contribution in [1.29, 1.82) is 0 Å². The Morgan fingerprint density at radius 3 is 1.43 bits per heavy atom. The molecule has 0 saturated heterocycles. The predicted octanol–water partition coefficient (Wildman–Crippen LogP) is 2.80. The second-order valence-electron chi connectivity index (χ2n) is 6.15. The van der Waals surface area contributed by atoms with E-state index < -0.39 is 0 Å². The Labute approximate surface area is 106 Å². The summed E-state index contributed by atoms with van der Waals surface area (Å²) >= 11 is 2.51. The SMILES string of the molecule is CC(C)(C)C(CI)(CO[SiH3])C(C)(C)C. The van der Waals surface area contributed by atoms with Gasteiger partial charge >= 0.3 is 0 Å². The van der Waals surface area contributed by atoms with Crippen molar-refractivity contribution in [2.24, 2.45) is 16.2 Å². The smallest absolute Gasteiger partial charge is 0.145 e. The molecule has 0 aromatic heterocycles. The Morgan fingerprint density at radius 2 is 1.36 bits per heavy atom. The van der Waals surface area contributed by atoms with Crippen molar-refractivity contribution >= 4 is 33.1 Å². The van der Waals surface area contributed by atoms with Crippen LogP contribution in [0.4, 0.5) is 0 Å². The van der Waals surface area contributed by atoms with Crippen LogP contribution in [0.5, 0.6) is 0 Å². The molecule has 0 fully saturated rings. The quantitative estimate of drug-likeness (QED) is 0.440. The summed E-state index contributed by atoms with van der Waals surface area (Å²) in [5.41, 5.74) is 0.843. The Hall–Kier alpha value is 0.907. The Kier molecular flexibility index (Phi) is 5.14. The normalized spacial score (nSPS) is 14.8. The van der Waals surface area contributed by atoms with Gasteiger partial charge in [-0.15, -0.1) is 0 Å². The van der Waals surface area contributed by atoms with Crippen LogP contribution in [0.3, 0.4) is 0 Å². The van der Waals surface area contributed by atoms with Gasteiger partial charge in [-0.05, 0) is 10.8 Å². The van der Waals surface area contributed by atoms with E-state index in [1.165, 1.54) is 0 Å². The zero-order chi connectivity index (χ0) is 11.6. The van der Waals surface area contributed by atoms with Crippen LogP contribution >= 0.6 is 22.6 Å². The summed E-state index contributed by atoms with van der Waals surface area (Å²) in [7, 11) is 0.839. The highest BCUT2D eigenvalue weighted by atomic mass is 127. The third-order valence-electron chi connectivity index (χ3n) is 3.49. The molecule has 86 valence electrons. The van der Waals surface area contributed by atoms with Gasteiger partial charge < -0.3 is 4.43 Å². The van der Waals surface area contributed by atoms with Crippen LogP contribution in [-0.2, 0) is 4.43 Å². The molecule has 0 aliphatic heterocycles. The van der Waals surface area contributed by atoms with Gasteiger partial charge in [0.1, 0.15) is 10.5 Å². The first-order chi connectivity index (χ1) is 6.12. The minimum Gasteiger partial charge on any atom is -0.427 e. The van der Waals surface area contributed by atoms with E-state index in [1.807, 2.05) is 0 Å². The van der Waals surface area contributed by atoms with Crippen LogP contribution in [-0.4, -0.2) is 21.5 Å². The molecule has 0 heterocycles. The minimum absolute atomic E-state index is 0.266. The van der Waals surface area contributed by atoms with Crippen molar-refractivity contribution in [1.82, 2.24) is 0 Å². The molecule has 0 radical (unpaired) electrons. The summed E-state index contributed by atoms with van der Waals surface area (Å²) in [6.45, 7) is 14.9. The van der Waals surface area contributed by atoms with Crippen molar-refractivity contribution in [2.75, 3.05) is 11.0 Å². The van der Waals surface area contributed by atoms with E-state index in [4.69, 9.17) is 4.43 Å². The average molecular weight is 328 g/mol. The summed E-state index contributed by atoms with van der Waals surface area (Å²) in [6.07, 6.45) is 0. The topological polar surface area (TPSA) is 9.23 Å². The monoisotopic (exact) mass is 328 g/mol. The number of halogens is 1. The molecule has 0 amide bonds. The number of hydrogen-bond donors (Lipinski definition) is 0. The highest BCUT2D eigenvalue weighted by Crippen LogP contribution is 2.52. The lowest BCUT2D eigenvalue weighted by Gasteiger charge is -2.52. The van der Waals surface area contributed by atoms with Crippen molar-refractivity contribution in [3.63, 3.8) is 0 Å². The lowest BCUT2D eigenvalue weighted by Crippen LogP contribution is -2.51. The van der Waals surface area contributed by atoms with Crippen molar-refractivity contribution in [3.05, 3.63) is 0 Å². The fourth-order valence-corrected chi connectivity index (χ4v) is 5.25. The van der Waals surface area contributed by atoms with Gasteiger partial charge in [0.05, 0.1) is 0 Å². The van der Waals surface area contributed by atoms with Crippen LogP contribution in [0.15, 0.2) is 0 Å². The van der Waals surface area contributed by atoms with Crippen molar-refractivity contribution in [3.8, 4) is 0 Å². The van der Waals surface area contributed by atoms with E-state index in [-0.39, 0.29) is 16.2 Å². The van der Waals surface area contributed by atoms with Gasteiger partial charge in [0.2, 0.25) is 0 Å². The van der Waals surface area contributed by atoms with Gasteiger partial charge in [-0.3, -0.25) is 0 Å². The van der Waals surface area contributed by atoms with E-state index in [0.29, 0.717) is 0 Å². The summed E-state index contributed by atoms with van der Waals surface area (Å²) in [5.74, 6) is 0. The van der Waals surface area contributed by atoms with E-state index in [2.05, 4.69) is 64.1 Å². The molecule has 0 atom stereocenters. The van der Waals surface area contributed by atoms with Crippen LogP contribution in [0.2, 0.25) is 0 Å². The average Bonchev–Trinajstić information content (AvgIpc) is 1.94. The summed E-state index contributed by atoms with van der Waals surface area (Å²) in [6, 6.07) is 0. The molecule has 0 rings (SSSR count). The molecule has 14 heavy (non-hydrogen) atoms. The van der Waals surface area contributed by atoms with Crippen LogP contribution in [0, 0.1) is 16.2 Å². The lowest BCUT2D eigenvalue weighted by molar-refractivity contribution is -0.0425. The molecule has 0 saturated carbocycles. The molecule has 0 N–H and O–H groups in total. The fourth-order valence-electron chi connectivity index (χ4n) is 2.24. The first-order valence-corrected chi connectivity index (χ1v) is 7.51. The molecule has 0 aliphatic carbocycles. The zero-order valence-electron chi connectivity index (χ0n) is 10.7. The lowest BCUT2D eigenvalue weighted by atomic mass is 9.55. The number of rotatable bonds is 3. The van der Waals surface area contributed by atoms with Crippen molar-refractivity contribution in [2.45, 2.75) is 41.5 Å². The molecule has 0 aliphatic rings. The number of alkyl halides is 1. The summed E-state index contributed by atoms with van der Waals surface area (Å²) in [5, 5.41) is 0. The maximum atomic E-state index is 5.59. The standard InChI is InChI=1S/C11H25IOSi/c1-9(2,3)11(7-12,8-13-14)10(4,5)6/h7-8H2,1-6,14H3. The van der Waals surface area contributed by atoms with Crippen molar-refractivity contribution < 1.29 is 4.43 Å². The van der Waals surface area contributed by atoms with Gasteiger partial charge in [0, 0.05) is 16.4 Å². The predicted molar refractivity (Wildman–Crippen MR) is 76.1 cm³/mol. The molecule has 0 spiro atoms.